The summed E-state index contributed by atoms with van der Waals surface area (Å²) in [6.45, 7) is 6.91. The molecule has 0 aromatic heterocycles. The van der Waals surface area contributed by atoms with Crippen LogP contribution in [0.4, 0.5) is 10.5 Å². The van der Waals surface area contributed by atoms with Crippen LogP contribution in [-0.2, 0) is 14.8 Å². The number of amides is 1. The highest BCUT2D eigenvalue weighted by molar-refractivity contribution is 9.10. The standard InChI is InChI=1S/C23H29BrN2O4S/c1-23(2,3)30-22(27)25-15-7-8-18(16-25)17-26(20-9-5-4-6-10-20)31(28,29)21-13-11-19(24)12-14-21/h4-6,9-14,18H,7-8,15-17H2,1-3H3. The van der Waals surface area contributed by atoms with Gasteiger partial charge in [0.05, 0.1) is 10.6 Å². The molecule has 0 spiro atoms. The van der Waals surface area contributed by atoms with Crippen molar-refractivity contribution in [2.45, 2.75) is 44.1 Å². The van der Waals surface area contributed by atoms with E-state index in [1.54, 1.807) is 41.3 Å². The molecule has 1 saturated heterocycles. The lowest BCUT2D eigenvalue weighted by Crippen LogP contribution is -2.46. The molecule has 31 heavy (non-hydrogen) atoms. The first-order valence-corrected chi connectivity index (χ1v) is 12.6. The Bertz CT molecular complexity index is 988. The van der Waals surface area contributed by atoms with Crippen molar-refractivity contribution in [3.05, 3.63) is 59.1 Å². The van der Waals surface area contributed by atoms with E-state index >= 15 is 0 Å². The summed E-state index contributed by atoms with van der Waals surface area (Å²) in [7, 11) is -3.76. The molecule has 2 aromatic carbocycles. The molecule has 1 aliphatic rings. The maximum atomic E-state index is 13.5. The summed E-state index contributed by atoms with van der Waals surface area (Å²) in [6, 6.07) is 15.8. The lowest BCUT2D eigenvalue weighted by atomic mass is 9.98. The van der Waals surface area contributed by atoms with Crippen LogP contribution in [0.1, 0.15) is 33.6 Å². The van der Waals surface area contributed by atoms with E-state index in [1.807, 2.05) is 39.0 Å². The van der Waals surface area contributed by atoms with Gasteiger partial charge < -0.3 is 9.64 Å². The van der Waals surface area contributed by atoms with Crippen molar-refractivity contribution in [1.82, 2.24) is 4.90 Å². The van der Waals surface area contributed by atoms with Gasteiger partial charge in [0.2, 0.25) is 0 Å². The van der Waals surface area contributed by atoms with Gasteiger partial charge in [0.15, 0.2) is 0 Å². The molecule has 1 aliphatic heterocycles. The second kappa shape index (κ2) is 9.61. The number of carbonyl (C=O) groups excluding carboxylic acids is 1. The van der Waals surface area contributed by atoms with Gasteiger partial charge in [-0.2, -0.15) is 0 Å². The maximum absolute atomic E-state index is 13.5. The smallest absolute Gasteiger partial charge is 0.410 e. The Labute approximate surface area is 193 Å². The van der Waals surface area contributed by atoms with Crippen molar-refractivity contribution in [2.24, 2.45) is 5.92 Å². The molecule has 3 rings (SSSR count). The first kappa shape index (κ1) is 23.6. The molecule has 1 fully saturated rings. The van der Waals surface area contributed by atoms with Crippen molar-refractivity contribution >= 4 is 37.7 Å². The van der Waals surface area contributed by atoms with Crippen molar-refractivity contribution in [3.63, 3.8) is 0 Å². The molecule has 8 heteroatoms. The third kappa shape index (κ3) is 6.23. The van der Waals surface area contributed by atoms with Gasteiger partial charge in [-0.3, -0.25) is 4.31 Å². The van der Waals surface area contributed by atoms with Crippen LogP contribution in [-0.4, -0.2) is 44.6 Å². The van der Waals surface area contributed by atoms with E-state index < -0.39 is 15.6 Å². The number of carbonyl (C=O) groups is 1. The summed E-state index contributed by atoms with van der Waals surface area (Å²) in [5.74, 6) is 0.00620. The van der Waals surface area contributed by atoms with Gasteiger partial charge in [-0.15, -0.1) is 0 Å². The molecule has 0 aliphatic carbocycles. The molecular formula is C23H29BrN2O4S. The summed E-state index contributed by atoms with van der Waals surface area (Å²) >= 11 is 3.36. The predicted molar refractivity (Wildman–Crippen MR) is 126 cm³/mol. The summed E-state index contributed by atoms with van der Waals surface area (Å²) in [5, 5.41) is 0. The van der Waals surface area contributed by atoms with E-state index in [-0.39, 0.29) is 16.9 Å². The first-order chi connectivity index (χ1) is 14.6. The van der Waals surface area contributed by atoms with Crippen LogP contribution in [0.25, 0.3) is 0 Å². The topological polar surface area (TPSA) is 66.9 Å². The Kier molecular flexibility index (Phi) is 7.31. The van der Waals surface area contributed by atoms with Crippen LogP contribution in [0.2, 0.25) is 0 Å². The third-order valence-electron chi connectivity index (χ3n) is 5.04. The van der Waals surface area contributed by atoms with Gasteiger partial charge in [0, 0.05) is 24.1 Å². The minimum absolute atomic E-state index is 0.00620. The molecule has 1 heterocycles. The lowest BCUT2D eigenvalue weighted by molar-refractivity contribution is 0.0171. The maximum Gasteiger partial charge on any atom is 0.410 e. The minimum Gasteiger partial charge on any atom is -0.444 e. The Hall–Kier alpha value is -2.06. The molecule has 0 saturated carbocycles. The molecule has 0 N–H and O–H groups in total. The number of hydrogen-bond donors (Lipinski definition) is 0. The number of sulfonamides is 1. The molecule has 1 amide bonds. The number of rotatable bonds is 5. The van der Waals surface area contributed by atoms with E-state index in [9.17, 15) is 13.2 Å². The molecule has 6 nitrogen and oxygen atoms in total. The largest absolute Gasteiger partial charge is 0.444 e. The van der Waals surface area contributed by atoms with Crippen LogP contribution in [0.3, 0.4) is 0 Å². The zero-order valence-corrected chi connectivity index (χ0v) is 20.5. The van der Waals surface area contributed by atoms with Gasteiger partial charge >= 0.3 is 6.09 Å². The van der Waals surface area contributed by atoms with Crippen molar-refractivity contribution in [2.75, 3.05) is 23.9 Å². The number of nitrogens with zero attached hydrogens (tertiary/aromatic N) is 2. The van der Waals surface area contributed by atoms with Crippen LogP contribution in [0.15, 0.2) is 64.0 Å². The van der Waals surface area contributed by atoms with Gasteiger partial charge in [-0.1, -0.05) is 34.1 Å². The Balaban J connectivity index is 1.84. The highest BCUT2D eigenvalue weighted by Gasteiger charge is 2.32. The predicted octanol–water partition coefficient (Wildman–Crippen LogP) is 5.29. The normalized spacial score (nSPS) is 17.3. The fraction of sp³-hybridized carbons (Fsp3) is 0.435. The number of halogens is 1. The average Bonchev–Trinajstić information content (AvgIpc) is 2.72. The van der Waals surface area contributed by atoms with Gasteiger partial charge in [-0.25, -0.2) is 13.2 Å². The van der Waals surface area contributed by atoms with E-state index in [2.05, 4.69) is 15.9 Å². The van der Waals surface area contributed by atoms with Gasteiger partial charge in [-0.05, 0) is 75.9 Å². The van der Waals surface area contributed by atoms with Crippen LogP contribution in [0, 0.1) is 5.92 Å². The first-order valence-electron chi connectivity index (χ1n) is 10.4. The number of benzene rings is 2. The number of piperidine rings is 1. The molecule has 168 valence electrons. The summed E-state index contributed by atoms with van der Waals surface area (Å²) < 4.78 is 34.8. The van der Waals surface area contributed by atoms with Gasteiger partial charge in [0.1, 0.15) is 5.60 Å². The number of hydrogen-bond acceptors (Lipinski definition) is 4. The molecule has 0 bridgehead atoms. The van der Waals surface area contributed by atoms with E-state index in [4.69, 9.17) is 4.74 Å². The van der Waals surface area contributed by atoms with Crippen LogP contribution >= 0.6 is 15.9 Å². The fourth-order valence-corrected chi connectivity index (χ4v) is 5.42. The number of para-hydroxylation sites is 1. The number of likely N-dealkylation sites (tertiary alicyclic amines) is 1. The molecule has 1 unspecified atom stereocenters. The summed E-state index contributed by atoms with van der Waals surface area (Å²) in [6.07, 6.45) is 1.31. The second-order valence-electron chi connectivity index (χ2n) is 8.76. The highest BCUT2D eigenvalue weighted by atomic mass is 79.9. The Morgan fingerprint density at radius 3 is 2.39 bits per heavy atom. The van der Waals surface area contributed by atoms with Crippen molar-refractivity contribution in [1.29, 1.82) is 0 Å². The van der Waals surface area contributed by atoms with Crippen molar-refractivity contribution in [3.8, 4) is 0 Å². The fourth-order valence-electron chi connectivity index (χ4n) is 3.61. The Morgan fingerprint density at radius 1 is 1.13 bits per heavy atom. The van der Waals surface area contributed by atoms with Crippen LogP contribution < -0.4 is 4.31 Å². The quantitative estimate of drug-likeness (QED) is 0.549. The molecular weight excluding hydrogens is 480 g/mol. The second-order valence-corrected chi connectivity index (χ2v) is 11.5. The zero-order valence-electron chi connectivity index (χ0n) is 18.1. The van der Waals surface area contributed by atoms with E-state index in [0.717, 1.165) is 17.3 Å². The van der Waals surface area contributed by atoms with Crippen molar-refractivity contribution < 1.29 is 17.9 Å². The monoisotopic (exact) mass is 508 g/mol. The summed E-state index contributed by atoms with van der Waals surface area (Å²) in [5.41, 5.74) is 0.0465. The lowest BCUT2D eigenvalue weighted by Gasteiger charge is -2.36. The third-order valence-corrected chi connectivity index (χ3v) is 7.38. The Morgan fingerprint density at radius 2 is 1.77 bits per heavy atom. The van der Waals surface area contributed by atoms with E-state index in [1.165, 1.54) is 4.31 Å². The average molecular weight is 509 g/mol. The molecule has 2 aromatic rings. The minimum atomic E-state index is -3.76. The number of anilines is 1. The molecule has 0 radical (unpaired) electrons. The van der Waals surface area contributed by atoms with E-state index in [0.29, 0.717) is 25.3 Å². The zero-order chi connectivity index (χ0) is 22.6. The highest BCUT2D eigenvalue weighted by Crippen LogP contribution is 2.28. The van der Waals surface area contributed by atoms with Crippen LogP contribution in [0.5, 0.6) is 0 Å². The molecule has 1 atom stereocenters. The SMILES string of the molecule is CC(C)(C)OC(=O)N1CCCC(CN(c2ccccc2)S(=O)(=O)c2ccc(Br)cc2)C1. The van der Waals surface area contributed by atoms with Gasteiger partial charge in [0.25, 0.3) is 10.0 Å². The number of ether oxygens (including phenoxy) is 1. The summed E-state index contributed by atoms with van der Waals surface area (Å²) in [4.78, 5) is 14.5.